The summed E-state index contributed by atoms with van der Waals surface area (Å²) in [5.74, 6) is -1.29. The lowest BCUT2D eigenvalue weighted by molar-refractivity contribution is -0.124. The van der Waals surface area contributed by atoms with Crippen molar-refractivity contribution in [3.8, 4) is 0 Å². The molecule has 0 radical (unpaired) electrons. The third-order valence-electron chi connectivity index (χ3n) is 3.60. The lowest BCUT2D eigenvalue weighted by Crippen LogP contribution is -2.31. The van der Waals surface area contributed by atoms with E-state index >= 15 is 0 Å². The molecule has 27 heavy (non-hydrogen) atoms. The van der Waals surface area contributed by atoms with E-state index in [0.29, 0.717) is 15.7 Å². The number of nitrogens with one attached hydrogen (secondary N) is 2. The molecule has 0 unspecified atom stereocenters. The van der Waals surface area contributed by atoms with E-state index in [1.807, 2.05) is 0 Å². The van der Waals surface area contributed by atoms with Crippen LogP contribution in [-0.2, 0) is 14.3 Å². The van der Waals surface area contributed by atoms with Crippen LogP contribution in [-0.4, -0.2) is 24.4 Å². The van der Waals surface area contributed by atoms with Crippen LogP contribution in [0.3, 0.4) is 0 Å². The number of hydrogen-bond donors (Lipinski definition) is 2. The van der Waals surface area contributed by atoms with Crippen molar-refractivity contribution in [1.29, 1.82) is 0 Å². The van der Waals surface area contributed by atoms with Gasteiger partial charge in [-0.1, -0.05) is 29.3 Å². The summed E-state index contributed by atoms with van der Waals surface area (Å²) >= 11 is 11.8. The Morgan fingerprint density at radius 1 is 1.04 bits per heavy atom. The molecule has 2 aromatic rings. The maximum Gasteiger partial charge on any atom is 0.338 e. The summed E-state index contributed by atoms with van der Waals surface area (Å²) in [5, 5.41) is 6.13. The van der Waals surface area contributed by atoms with Gasteiger partial charge in [0, 0.05) is 12.6 Å². The van der Waals surface area contributed by atoms with E-state index in [4.69, 9.17) is 27.9 Å². The van der Waals surface area contributed by atoms with E-state index in [0.717, 1.165) is 5.56 Å². The van der Waals surface area contributed by atoms with Gasteiger partial charge in [-0.2, -0.15) is 0 Å². The standard InChI is InChI=1S/C19H18Cl2N2O4/c1-11(14-5-8-16(20)17(21)9-14)22-18(25)10-27-19(26)13-3-6-15(7-4-13)23-12(2)24/h3-9,11H,10H2,1-2H3,(H,22,25)(H,23,24)/t11-/m0/s1. The molecular formula is C19H18Cl2N2O4. The molecule has 0 aromatic heterocycles. The van der Waals surface area contributed by atoms with E-state index in [9.17, 15) is 14.4 Å². The lowest BCUT2D eigenvalue weighted by atomic mass is 10.1. The zero-order valence-electron chi connectivity index (χ0n) is 14.7. The van der Waals surface area contributed by atoms with Gasteiger partial charge in [0.15, 0.2) is 6.61 Å². The molecular weight excluding hydrogens is 391 g/mol. The van der Waals surface area contributed by atoms with Gasteiger partial charge in [0.2, 0.25) is 5.91 Å². The molecule has 0 spiro atoms. The summed E-state index contributed by atoms with van der Waals surface area (Å²) in [6.45, 7) is 2.75. The molecule has 2 rings (SSSR count). The average molecular weight is 409 g/mol. The molecule has 0 aliphatic rings. The minimum Gasteiger partial charge on any atom is -0.452 e. The fourth-order valence-corrected chi connectivity index (χ4v) is 2.56. The molecule has 0 heterocycles. The fraction of sp³-hybridized carbons (Fsp3) is 0.211. The second-order valence-corrected chi connectivity index (χ2v) is 6.61. The molecule has 2 N–H and O–H groups in total. The second-order valence-electron chi connectivity index (χ2n) is 5.80. The van der Waals surface area contributed by atoms with Crippen molar-refractivity contribution in [2.24, 2.45) is 0 Å². The predicted octanol–water partition coefficient (Wildman–Crippen LogP) is 3.99. The van der Waals surface area contributed by atoms with Gasteiger partial charge in [0.25, 0.3) is 5.91 Å². The van der Waals surface area contributed by atoms with Gasteiger partial charge in [0.1, 0.15) is 0 Å². The normalized spacial score (nSPS) is 11.4. The predicted molar refractivity (Wildman–Crippen MR) is 104 cm³/mol. The van der Waals surface area contributed by atoms with Crippen LogP contribution in [0.15, 0.2) is 42.5 Å². The summed E-state index contributed by atoms with van der Waals surface area (Å²) in [5.41, 5.74) is 1.61. The molecule has 6 nitrogen and oxygen atoms in total. The van der Waals surface area contributed by atoms with Gasteiger partial charge in [-0.05, 0) is 48.9 Å². The molecule has 0 aliphatic heterocycles. The van der Waals surface area contributed by atoms with Crippen molar-refractivity contribution in [2.45, 2.75) is 19.9 Å². The molecule has 0 bridgehead atoms. The summed E-state index contributed by atoms with van der Waals surface area (Å²) in [6.07, 6.45) is 0. The first-order chi connectivity index (χ1) is 12.8. The van der Waals surface area contributed by atoms with Gasteiger partial charge < -0.3 is 15.4 Å². The van der Waals surface area contributed by atoms with E-state index in [1.165, 1.54) is 19.1 Å². The summed E-state index contributed by atoms with van der Waals surface area (Å²) in [7, 11) is 0. The Morgan fingerprint density at radius 3 is 2.30 bits per heavy atom. The van der Waals surface area contributed by atoms with Gasteiger partial charge in [-0.3, -0.25) is 9.59 Å². The minimum atomic E-state index is -0.637. The van der Waals surface area contributed by atoms with Gasteiger partial charge >= 0.3 is 5.97 Å². The van der Waals surface area contributed by atoms with E-state index in [2.05, 4.69) is 10.6 Å². The van der Waals surface area contributed by atoms with Crippen molar-refractivity contribution in [3.63, 3.8) is 0 Å². The van der Waals surface area contributed by atoms with Crippen LogP contribution in [0.2, 0.25) is 10.0 Å². The third-order valence-corrected chi connectivity index (χ3v) is 4.34. The van der Waals surface area contributed by atoms with Gasteiger partial charge in [-0.25, -0.2) is 4.79 Å². The third kappa shape index (κ3) is 6.27. The maximum absolute atomic E-state index is 12.0. The first-order valence-corrected chi connectivity index (χ1v) is 8.81. The molecule has 0 saturated heterocycles. The molecule has 1 atom stereocenters. The van der Waals surface area contributed by atoms with Crippen LogP contribution in [0.25, 0.3) is 0 Å². The fourth-order valence-electron chi connectivity index (χ4n) is 2.26. The first-order valence-electron chi connectivity index (χ1n) is 8.05. The smallest absolute Gasteiger partial charge is 0.338 e. The zero-order chi connectivity index (χ0) is 20.0. The summed E-state index contributed by atoms with van der Waals surface area (Å²) in [4.78, 5) is 35.0. The second kappa shape index (κ2) is 9.39. The van der Waals surface area contributed by atoms with E-state index in [1.54, 1.807) is 37.3 Å². The summed E-state index contributed by atoms with van der Waals surface area (Å²) < 4.78 is 5.00. The van der Waals surface area contributed by atoms with Crippen molar-refractivity contribution in [2.75, 3.05) is 11.9 Å². The van der Waals surface area contributed by atoms with Gasteiger partial charge in [-0.15, -0.1) is 0 Å². The number of ether oxygens (including phenoxy) is 1. The Labute approximate surface area is 166 Å². The number of hydrogen-bond acceptors (Lipinski definition) is 4. The molecule has 0 aliphatic carbocycles. The highest BCUT2D eigenvalue weighted by Crippen LogP contribution is 2.25. The van der Waals surface area contributed by atoms with Gasteiger partial charge in [0.05, 0.1) is 21.7 Å². The van der Waals surface area contributed by atoms with Crippen molar-refractivity contribution < 1.29 is 19.1 Å². The van der Waals surface area contributed by atoms with Crippen LogP contribution in [0.4, 0.5) is 5.69 Å². The van der Waals surface area contributed by atoms with Crippen LogP contribution in [0.5, 0.6) is 0 Å². The monoisotopic (exact) mass is 408 g/mol. The number of benzene rings is 2. The topological polar surface area (TPSA) is 84.5 Å². The van der Waals surface area contributed by atoms with E-state index < -0.39 is 18.5 Å². The molecule has 0 fully saturated rings. The molecule has 8 heteroatoms. The van der Waals surface area contributed by atoms with Crippen LogP contribution >= 0.6 is 23.2 Å². The number of carbonyl (C=O) groups is 3. The van der Waals surface area contributed by atoms with Crippen molar-refractivity contribution in [3.05, 3.63) is 63.6 Å². The number of amides is 2. The quantitative estimate of drug-likeness (QED) is 0.707. The zero-order valence-corrected chi connectivity index (χ0v) is 16.2. The highest BCUT2D eigenvalue weighted by atomic mass is 35.5. The Balaban J connectivity index is 1.86. The summed E-state index contributed by atoms with van der Waals surface area (Å²) in [6, 6.07) is 10.9. The highest BCUT2D eigenvalue weighted by molar-refractivity contribution is 6.42. The van der Waals surface area contributed by atoms with Crippen LogP contribution in [0, 0.1) is 0 Å². The average Bonchev–Trinajstić information content (AvgIpc) is 2.62. The number of rotatable bonds is 6. The molecule has 2 aromatic carbocycles. The van der Waals surface area contributed by atoms with Crippen LogP contribution in [0.1, 0.15) is 35.8 Å². The SMILES string of the molecule is CC(=O)Nc1ccc(C(=O)OCC(=O)N[C@@H](C)c2ccc(Cl)c(Cl)c2)cc1. The van der Waals surface area contributed by atoms with E-state index in [-0.39, 0.29) is 17.5 Å². The van der Waals surface area contributed by atoms with Crippen molar-refractivity contribution >= 4 is 46.7 Å². The number of carbonyl (C=O) groups excluding carboxylic acids is 3. The Bertz CT molecular complexity index is 853. The number of halogens is 2. The number of anilines is 1. The number of esters is 1. The first kappa shape index (κ1) is 20.7. The van der Waals surface area contributed by atoms with Crippen molar-refractivity contribution in [1.82, 2.24) is 5.32 Å². The largest absolute Gasteiger partial charge is 0.452 e. The molecule has 0 saturated carbocycles. The highest BCUT2D eigenvalue weighted by Gasteiger charge is 2.14. The van der Waals surface area contributed by atoms with Crippen LogP contribution < -0.4 is 10.6 Å². The minimum absolute atomic E-state index is 0.210. The Hall–Kier alpha value is -2.57. The Kier molecular flexibility index (Phi) is 7.21. The maximum atomic E-state index is 12.0. The molecule has 142 valence electrons. The lowest BCUT2D eigenvalue weighted by Gasteiger charge is -2.15. The Morgan fingerprint density at radius 2 is 1.70 bits per heavy atom. The molecule has 2 amide bonds.